The molecule has 1 aliphatic carbocycles. The zero-order valence-electron chi connectivity index (χ0n) is 15.3. The van der Waals surface area contributed by atoms with Gasteiger partial charge in [-0.1, -0.05) is 17.7 Å². The molecular weight excluding hydrogens is 364 g/mol. The molecule has 1 amide bonds. The monoisotopic (exact) mass is 388 g/mol. The number of piperidine rings is 1. The molecule has 3 fully saturated rings. The Morgan fingerprint density at radius 2 is 2.04 bits per heavy atom. The highest BCUT2D eigenvalue weighted by atomic mass is 32.2. The van der Waals surface area contributed by atoms with E-state index in [1.54, 1.807) is 29.2 Å². The number of amides is 1. The number of aryl methyl sites for hydroxylation is 1. The molecule has 2 bridgehead atoms. The van der Waals surface area contributed by atoms with E-state index in [4.69, 9.17) is 0 Å². The van der Waals surface area contributed by atoms with E-state index in [9.17, 15) is 18.5 Å². The first-order chi connectivity index (χ1) is 12.9. The van der Waals surface area contributed by atoms with Crippen molar-refractivity contribution in [2.24, 2.45) is 5.92 Å². The van der Waals surface area contributed by atoms with E-state index in [0.717, 1.165) is 24.8 Å². The van der Waals surface area contributed by atoms with Crippen LogP contribution >= 0.6 is 0 Å². The van der Waals surface area contributed by atoms with Crippen LogP contribution in [0.3, 0.4) is 0 Å². The Balaban J connectivity index is 1.41. The van der Waals surface area contributed by atoms with Crippen LogP contribution in [-0.4, -0.2) is 49.9 Å². The van der Waals surface area contributed by atoms with E-state index in [1.807, 2.05) is 6.92 Å². The van der Waals surface area contributed by atoms with Crippen LogP contribution in [0.25, 0.3) is 0 Å². The second-order valence-electron chi connectivity index (χ2n) is 7.84. The zero-order chi connectivity index (χ0) is 19.2. The number of nitrogens with one attached hydrogen (secondary N) is 2. The molecule has 4 rings (SSSR count). The van der Waals surface area contributed by atoms with Crippen molar-refractivity contribution in [1.29, 1.82) is 5.26 Å². The first kappa shape index (κ1) is 18.4. The minimum atomic E-state index is -3.58. The van der Waals surface area contributed by atoms with Crippen LogP contribution in [0.15, 0.2) is 29.2 Å². The number of carbonyl (C=O) groups excluding carboxylic acids is 1. The van der Waals surface area contributed by atoms with Crippen molar-refractivity contribution in [2.45, 2.75) is 61.7 Å². The summed E-state index contributed by atoms with van der Waals surface area (Å²) in [6.45, 7) is 2.55. The highest BCUT2D eigenvalue weighted by Crippen LogP contribution is 2.37. The summed E-state index contributed by atoms with van der Waals surface area (Å²) >= 11 is 0. The Morgan fingerprint density at radius 1 is 1.30 bits per heavy atom. The van der Waals surface area contributed by atoms with E-state index >= 15 is 0 Å². The molecule has 27 heavy (non-hydrogen) atoms. The van der Waals surface area contributed by atoms with Crippen LogP contribution < -0.4 is 10.0 Å². The number of rotatable bonds is 4. The molecule has 1 saturated carbocycles. The standard InChI is InChI=1S/C19H24N4O3S/c1-12-4-6-15(7-5-12)27(25,26)22-17-10-13-9-16(17)21-18(13)19(24)23-8-2-3-14(23)11-20/h4-7,13-14,16-18,21-22H,2-3,8-10H2,1H3/t13-,14-,16+,17+,18-/m0/s1. The van der Waals surface area contributed by atoms with Gasteiger partial charge in [0.25, 0.3) is 0 Å². The summed E-state index contributed by atoms with van der Waals surface area (Å²) in [6, 6.07) is 8.11. The predicted octanol–water partition coefficient (Wildman–Crippen LogP) is 0.907. The lowest BCUT2D eigenvalue weighted by atomic mass is 9.97. The summed E-state index contributed by atoms with van der Waals surface area (Å²) in [6.07, 6.45) is 3.03. The molecular formula is C19H24N4O3S. The molecule has 7 nitrogen and oxygen atoms in total. The van der Waals surface area contributed by atoms with E-state index < -0.39 is 10.0 Å². The SMILES string of the molecule is Cc1ccc(S(=O)(=O)N[C@@H]2C[C@@H]3C[C@H]2N[C@@H]3C(=O)N2CCC[C@H]2C#N)cc1. The van der Waals surface area contributed by atoms with Crippen molar-refractivity contribution < 1.29 is 13.2 Å². The summed E-state index contributed by atoms with van der Waals surface area (Å²) in [7, 11) is -3.58. The number of likely N-dealkylation sites (tertiary alicyclic amines) is 1. The Bertz CT molecular complexity index is 877. The Labute approximate surface area is 159 Å². The van der Waals surface area contributed by atoms with Crippen molar-refractivity contribution in [2.75, 3.05) is 6.54 Å². The maximum Gasteiger partial charge on any atom is 0.241 e. The summed E-state index contributed by atoms with van der Waals surface area (Å²) in [5, 5.41) is 12.5. The van der Waals surface area contributed by atoms with Crippen LogP contribution in [0.1, 0.15) is 31.2 Å². The second kappa shape index (κ2) is 6.89. The lowest BCUT2D eigenvalue weighted by Crippen LogP contribution is -2.56. The molecule has 0 unspecified atom stereocenters. The van der Waals surface area contributed by atoms with Gasteiger partial charge in [0.15, 0.2) is 0 Å². The molecule has 1 aromatic rings. The van der Waals surface area contributed by atoms with Gasteiger partial charge < -0.3 is 10.2 Å². The topological polar surface area (TPSA) is 102 Å². The maximum absolute atomic E-state index is 12.8. The van der Waals surface area contributed by atoms with Gasteiger partial charge in [-0.25, -0.2) is 13.1 Å². The number of sulfonamides is 1. The number of hydrogen-bond acceptors (Lipinski definition) is 5. The van der Waals surface area contributed by atoms with Crippen molar-refractivity contribution in [1.82, 2.24) is 14.9 Å². The number of nitriles is 1. The van der Waals surface area contributed by atoms with Crippen LogP contribution in [0.4, 0.5) is 0 Å². The molecule has 0 aromatic heterocycles. The average Bonchev–Trinajstić information content (AvgIpc) is 3.36. The fourth-order valence-corrected chi connectivity index (χ4v) is 5.92. The van der Waals surface area contributed by atoms with Gasteiger partial charge in [0.2, 0.25) is 15.9 Å². The number of carbonyl (C=O) groups is 1. The lowest BCUT2D eigenvalue weighted by molar-refractivity contribution is -0.134. The molecule has 0 radical (unpaired) electrons. The van der Waals surface area contributed by atoms with Crippen LogP contribution in [0, 0.1) is 24.2 Å². The molecule has 2 aliphatic heterocycles. The maximum atomic E-state index is 12.8. The van der Waals surface area contributed by atoms with Crippen LogP contribution in [-0.2, 0) is 14.8 Å². The van der Waals surface area contributed by atoms with Gasteiger partial charge in [-0.2, -0.15) is 5.26 Å². The third-order valence-electron chi connectivity index (χ3n) is 6.05. The molecule has 144 valence electrons. The Morgan fingerprint density at radius 3 is 2.67 bits per heavy atom. The first-order valence-corrected chi connectivity index (χ1v) is 10.9. The lowest BCUT2D eigenvalue weighted by Gasteiger charge is -2.32. The summed E-state index contributed by atoms with van der Waals surface area (Å²) in [5.41, 5.74) is 1.01. The minimum absolute atomic E-state index is 0.00797. The molecule has 2 N–H and O–H groups in total. The largest absolute Gasteiger partial charge is 0.325 e. The van der Waals surface area contributed by atoms with Gasteiger partial charge >= 0.3 is 0 Å². The number of fused-ring (bicyclic) bond motifs is 2. The van der Waals surface area contributed by atoms with Gasteiger partial charge in [-0.15, -0.1) is 0 Å². The van der Waals surface area contributed by atoms with Gasteiger partial charge in [0.05, 0.1) is 17.0 Å². The molecule has 8 heteroatoms. The molecule has 1 aromatic carbocycles. The molecule has 3 aliphatic rings. The van der Waals surface area contributed by atoms with E-state index in [-0.39, 0.29) is 40.9 Å². The van der Waals surface area contributed by atoms with E-state index in [2.05, 4.69) is 16.1 Å². The number of nitrogens with zero attached hydrogens (tertiary/aromatic N) is 2. The number of hydrogen-bond donors (Lipinski definition) is 2. The minimum Gasteiger partial charge on any atom is -0.325 e. The van der Waals surface area contributed by atoms with Gasteiger partial charge in [-0.3, -0.25) is 4.79 Å². The third-order valence-corrected chi connectivity index (χ3v) is 7.56. The van der Waals surface area contributed by atoms with Gasteiger partial charge in [0.1, 0.15) is 6.04 Å². The highest BCUT2D eigenvalue weighted by Gasteiger charge is 2.51. The molecule has 2 saturated heterocycles. The van der Waals surface area contributed by atoms with E-state index in [1.165, 1.54) is 0 Å². The highest BCUT2D eigenvalue weighted by molar-refractivity contribution is 7.89. The Kier molecular flexibility index (Phi) is 4.70. The first-order valence-electron chi connectivity index (χ1n) is 9.44. The van der Waals surface area contributed by atoms with Gasteiger partial charge in [-0.05, 0) is 50.7 Å². The third kappa shape index (κ3) is 3.35. The summed E-state index contributed by atoms with van der Waals surface area (Å²) in [5.74, 6) is 0.0968. The fourth-order valence-electron chi connectivity index (χ4n) is 4.63. The van der Waals surface area contributed by atoms with Crippen molar-refractivity contribution >= 4 is 15.9 Å². The molecule has 5 atom stereocenters. The fraction of sp³-hybridized carbons (Fsp3) is 0.579. The smallest absolute Gasteiger partial charge is 0.241 e. The molecule has 0 spiro atoms. The zero-order valence-corrected chi connectivity index (χ0v) is 16.1. The average molecular weight is 388 g/mol. The predicted molar refractivity (Wildman–Crippen MR) is 99.1 cm³/mol. The van der Waals surface area contributed by atoms with Crippen molar-refractivity contribution in [3.63, 3.8) is 0 Å². The normalized spacial score (nSPS) is 32.6. The summed E-state index contributed by atoms with van der Waals surface area (Å²) in [4.78, 5) is 14.8. The number of benzene rings is 1. The second-order valence-corrected chi connectivity index (χ2v) is 9.56. The summed E-state index contributed by atoms with van der Waals surface area (Å²) < 4.78 is 28.1. The van der Waals surface area contributed by atoms with Gasteiger partial charge in [0, 0.05) is 18.6 Å². The van der Waals surface area contributed by atoms with E-state index in [0.29, 0.717) is 13.0 Å². The quantitative estimate of drug-likeness (QED) is 0.798. The van der Waals surface area contributed by atoms with Crippen molar-refractivity contribution in [3.05, 3.63) is 29.8 Å². The molecule has 2 heterocycles. The van der Waals surface area contributed by atoms with Crippen LogP contribution in [0.5, 0.6) is 0 Å². The van der Waals surface area contributed by atoms with Crippen LogP contribution in [0.2, 0.25) is 0 Å². The Hall–Kier alpha value is -1.95. The van der Waals surface area contributed by atoms with Crippen molar-refractivity contribution in [3.8, 4) is 6.07 Å².